The molecule has 5 heteroatoms. The molecule has 0 fully saturated rings. The Morgan fingerprint density at radius 1 is 1.24 bits per heavy atom. The Kier molecular flexibility index (Phi) is 7.82. The highest BCUT2D eigenvalue weighted by atomic mass is 79.9. The van der Waals surface area contributed by atoms with Crippen LogP contribution in [-0.4, -0.2) is 18.3 Å². The van der Waals surface area contributed by atoms with E-state index in [1.807, 2.05) is 23.1 Å². The SMILES string of the molecule is CCCNC(CSc1cccc(Br)c1)Cc1cc(Br)cs1. The summed E-state index contributed by atoms with van der Waals surface area (Å²) in [5, 5.41) is 5.83. The number of rotatable bonds is 8. The topological polar surface area (TPSA) is 12.0 Å². The second kappa shape index (κ2) is 9.36. The zero-order valence-corrected chi connectivity index (χ0v) is 16.7. The summed E-state index contributed by atoms with van der Waals surface area (Å²) >= 11 is 10.8. The third kappa shape index (κ3) is 6.45. The first-order chi connectivity index (χ1) is 10.2. The van der Waals surface area contributed by atoms with Gasteiger partial charge in [0.15, 0.2) is 0 Å². The first-order valence-electron chi connectivity index (χ1n) is 7.02. The average Bonchev–Trinajstić information content (AvgIpc) is 2.87. The number of benzene rings is 1. The average molecular weight is 449 g/mol. The molecule has 0 aliphatic rings. The van der Waals surface area contributed by atoms with E-state index in [9.17, 15) is 0 Å². The maximum atomic E-state index is 3.67. The van der Waals surface area contributed by atoms with E-state index in [2.05, 4.69) is 79.8 Å². The predicted molar refractivity (Wildman–Crippen MR) is 103 cm³/mol. The van der Waals surface area contributed by atoms with Crippen molar-refractivity contribution in [2.75, 3.05) is 12.3 Å². The van der Waals surface area contributed by atoms with Gasteiger partial charge in [-0.3, -0.25) is 0 Å². The van der Waals surface area contributed by atoms with Crippen LogP contribution in [0.1, 0.15) is 18.2 Å². The van der Waals surface area contributed by atoms with Crippen molar-refractivity contribution in [3.8, 4) is 0 Å². The number of hydrogen-bond donors (Lipinski definition) is 1. The summed E-state index contributed by atoms with van der Waals surface area (Å²) in [5.41, 5.74) is 0. The molecule has 1 aromatic carbocycles. The Morgan fingerprint density at radius 3 is 2.76 bits per heavy atom. The van der Waals surface area contributed by atoms with Crippen LogP contribution in [0.3, 0.4) is 0 Å². The summed E-state index contributed by atoms with van der Waals surface area (Å²) in [5.74, 6) is 1.09. The molecule has 1 heterocycles. The highest BCUT2D eigenvalue weighted by molar-refractivity contribution is 9.10. The van der Waals surface area contributed by atoms with Gasteiger partial charge >= 0.3 is 0 Å². The quantitative estimate of drug-likeness (QED) is 0.498. The Bertz CT molecular complexity index is 557. The van der Waals surface area contributed by atoms with Crippen LogP contribution in [0.25, 0.3) is 0 Å². The molecule has 0 aliphatic heterocycles. The van der Waals surface area contributed by atoms with Gasteiger partial charge < -0.3 is 5.32 Å². The third-order valence-corrected chi connectivity index (χ3v) is 6.37. The summed E-state index contributed by atoms with van der Waals surface area (Å²) < 4.78 is 2.34. The minimum atomic E-state index is 0.513. The van der Waals surface area contributed by atoms with Crippen molar-refractivity contribution in [3.63, 3.8) is 0 Å². The summed E-state index contributed by atoms with van der Waals surface area (Å²) in [6, 6.07) is 11.3. The molecule has 114 valence electrons. The molecule has 1 aromatic heterocycles. The van der Waals surface area contributed by atoms with Crippen molar-refractivity contribution < 1.29 is 0 Å². The smallest absolute Gasteiger partial charge is 0.0285 e. The van der Waals surface area contributed by atoms with E-state index in [0.717, 1.165) is 23.2 Å². The zero-order chi connectivity index (χ0) is 15.1. The normalized spacial score (nSPS) is 12.5. The first-order valence-corrected chi connectivity index (χ1v) is 10.5. The van der Waals surface area contributed by atoms with Gasteiger partial charge in [-0.2, -0.15) is 0 Å². The Morgan fingerprint density at radius 2 is 2.10 bits per heavy atom. The summed E-state index contributed by atoms with van der Waals surface area (Å²) in [6.07, 6.45) is 2.27. The molecular formula is C16H19Br2NS2. The van der Waals surface area contributed by atoms with Gasteiger partial charge in [0.05, 0.1) is 0 Å². The van der Waals surface area contributed by atoms with E-state index in [1.165, 1.54) is 20.7 Å². The van der Waals surface area contributed by atoms with Gasteiger partial charge in [-0.1, -0.05) is 28.9 Å². The molecule has 0 amide bonds. The molecule has 0 saturated heterocycles. The first kappa shape index (κ1) is 17.5. The fraction of sp³-hybridized carbons (Fsp3) is 0.375. The highest BCUT2D eigenvalue weighted by Crippen LogP contribution is 2.25. The van der Waals surface area contributed by atoms with E-state index < -0.39 is 0 Å². The van der Waals surface area contributed by atoms with Gasteiger partial charge in [-0.05, 0) is 59.6 Å². The van der Waals surface area contributed by atoms with E-state index in [-0.39, 0.29) is 0 Å². The Balaban J connectivity index is 1.92. The molecular weight excluding hydrogens is 430 g/mol. The van der Waals surface area contributed by atoms with E-state index in [4.69, 9.17) is 0 Å². The minimum absolute atomic E-state index is 0.513. The van der Waals surface area contributed by atoms with Crippen LogP contribution in [0.4, 0.5) is 0 Å². The predicted octanol–water partition coefficient (Wildman–Crippen LogP) is 5.98. The largest absolute Gasteiger partial charge is 0.313 e. The van der Waals surface area contributed by atoms with Crippen molar-refractivity contribution in [1.29, 1.82) is 0 Å². The van der Waals surface area contributed by atoms with Crippen molar-refractivity contribution in [1.82, 2.24) is 5.32 Å². The van der Waals surface area contributed by atoms with Crippen molar-refractivity contribution in [2.24, 2.45) is 0 Å². The summed E-state index contributed by atoms with van der Waals surface area (Å²) in [4.78, 5) is 2.75. The van der Waals surface area contributed by atoms with Crippen molar-refractivity contribution in [2.45, 2.75) is 30.7 Å². The molecule has 0 spiro atoms. The lowest BCUT2D eigenvalue weighted by molar-refractivity contribution is 0.553. The number of hydrogen-bond acceptors (Lipinski definition) is 3. The van der Waals surface area contributed by atoms with Crippen LogP contribution in [0, 0.1) is 0 Å². The van der Waals surface area contributed by atoms with E-state index in [0.29, 0.717) is 6.04 Å². The minimum Gasteiger partial charge on any atom is -0.313 e. The van der Waals surface area contributed by atoms with Gasteiger partial charge in [0.2, 0.25) is 0 Å². The fourth-order valence-corrected chi connectivity index (χ4v) is 5.09. The maximum Gasteiger partial charge on any atom is 0.0285 e. The number of nitrogens with one attached hydrogen (secondary N) is 1. The Hall–Kier alpha value is 0.190. The maximum absolute atomic E-state index is 3.67. The summed E-state index contributed by atoms with van der Waals surface area (Å²) in [7, 11) is 0. The molecule has 2 rings (SSSR count). The van der Waals surface area contributed by atoms with Crippen LogP contribution in [0.5, 0.6) is 0 Å². The molecule has 0 bridgehead atoms. The lowest BCUT2D eigenvalue weighted by Gasteiger charge is -2.17. The highest BCUT2D eigenvalue weighted by Gasteiger charge is 2.11. The molecule has 2 aromatic rings. The van der Waals surface area contributed by atoms with Crippen LogP contribution in [0.2, 0.25) is 0 Å². The van der Waals surface area contributed by atoms with Crippen LogP contribution in [0.15, 0.2) is 49.6 Å². The lowest BCUT2D eigenvalue weighted by Crippen LogP contribution is -2.33. The molecule has 1 atom stereocenters. The monoisotopic (exact) mass is 447 g/mol. The van der Waals surface area contributed by atoms with Gasteiger partial charge in [0, 0.05) is 35.9 Å². The van der Waals surface area contributed by atoms with Crippen molar-refractivity contribution in [3.05, 3.63) is 49.5 Å². The number of thiophene rings is 1. The molecule has 0 radical (unpaired) electrons. The second-order valence-corrected chi connectivity index (χ2v) is 8.78. The lowest BCUT2D eigenvalue weighted by atomic mass is 10.2. The van der Waals surface area contributed by atoms with Gasteiger partial charge in [0.25, 0.3) is 0 Å². The standard InChI is InChI=1S/C16H19Br2NS2/c1-2-6-19-14(9-16-8-13(18)10-20-16)11-21-15-5-3-4-12(17)7-15/h3-5,7-8,10,14,19H,2,6,9,11H2,1H3. The molecule has 0 aliphatic carbocycles. The Labute approximate surface area is 152 Å². The van der Waals surface area contributed by atoms with Crippen LogP contribution in [-0.2, 0) is 6.42 Å². The van der Waals surface area contributed by atoms with Crippen molar-refractivity contribution >= 4 is 55.0 Å². The molecule has 1 unspecified atom stereocenters. The number of halogens is 2. The second-order valence-electron chi connectivity index (χ2n) is 4.85. The zero-order valence-electron chi connectivity index (χ0n) is 11.9. The number of thioether (sulfide) groups is 1. The van der Waals surface area contributed by atoms with E-state index in [1.54, 1.807) is 0 Å². The summed E-state index contributed by atoms with van der Waals surface area (Å²) in [6.45, 7) is 3.30. The van der Waals surface area contributed by atoms with Gasteiger partial charge in [-0.25, -0.2) is 0 Å². The molecule has 1 nitrogen and oxygen atoms in total. The van der Waals surface area contributed by atoms with Gasteiger partial charge in [0.1, 0.15) is 0 Å². The van der Waals surface area contributed by atoms with Crippen LogP contribution < -0.4 is 5.32 Å². The van der Waals surface area contributed by atoms with E-state index >= 15 is 0 Å². The van der Waals surface area contributed by atoms with Crippen LogP contribution >= 0.6 is 55.0 Å². The molecule has 21 heavy (non-hydrogen) atoms. The van der Waals surface area contributed by atoms with Gasteiger partial charge in [-0.15, -0.1) is 23.1 Å². The third-order valence-electron chi connectivity index (χ3n) is 3.00. The molecule has 0 saturated carbocycles. The fourth-order valence-electron chi connectivity index (χ4n) is 2.00. The molecule has 1 N–H and O–H groups in total.